The number of rotatable bonds is 7. The van der Waals surface area contributed by atoms with Crippen molar-refractivity contribution in [3.63, 3.8) is 0 Å². The summed E-state index contributed by atoms with van der Waals surface area (Å²) in [6, 6.07) is 20.7. The third-order valence-corrected chi connectivity index (χ3v) is 4.26. The zero-order valence-electron chi connectivity index (χ0n) is 17.1. The summed E-state index contributed by atoms with van der Waals surface area (Å²) in [5, 5.41) is 5.69. The number of anilines is 2. The predicted octanol–water partition coefficient (Wildman–Crippen LogP) is 4.99. The van der Waals surface area contributed by atoms with Crippen molar-refractivity contribution < 1.29 is 19.1 Å². The standard InChI is InChI=1S/C24H24N2O4/c1-16(2)30-20-14-10-18(11-15-20)24(28)26-22-7-5-4-6-21(22)25-23(27)17-8-12-19(29-3)13-9-17/h4-16H,1-3H3,(H,25,27)(H,26,28). The first-order chi connectivity index (χ1) is 14.5. The lowest BCUT2D eigenvalue weighted by molar-refractivity contribution is 0.101. The van der Waals surface area contributed by atoms with E-state index in [1.165, 1.54) is 0 Å². The molecule has 2 amide bonds. The van der Waals surface area contributed by atoms with Crippen LogP contribution in [0.25, 0.3) is 0 Å². The molecule has 6 heteroatoms. The smallest absolute Gasteiger partial charge is 0.255 e. The minimum atomic E-state index is -0.283. The molecular weight excluding hydrogens is 380 g/mol. The Morgan fingerprint density at radius 1 is 0.700 bits per heavy atom. The zero-order valence-corrected chi connectivity index (χ0v) is 17.1. The maximum Gasteiger partial charge on any atom is 0.255 e. The van der Waals surface area contributed by atoms with Gasteiger partial charge in [0.15, 0.2) is 0 Å². The van der Waals surface area contributed by atoms with Crippen LogP contribution in [-0.4, -0.2) is 25.0 Å². The Labute approximate surface area is 175 Å². The van der Waals surface area contributed by atoms with Gasteiger partial charge in [0, 0.05) is 11.1 Å². The summed E-state index contributed by atoms with van der Waals surface area (Å²) in [6.45, 7) is 3.88. The van der Waals surface area contributed by atoms with Crippen molar-refractivity contribution in [2.45, 2.75) is 20.0 Å². The number of nitrogens with one attached hydrogen (secondary N) is 2. The summed E-state index contributed by atoms with van der Waals surface area (Å²) in [4.78, 5) is 25.2. The average molecular weight is 404 g/mol. The van der Waals surface area contributed by atoms with Crippen molar-refractivity contribution in [3.8, 4) is 11.5 Å². The summed E-state index contributed by atoms with van der Waals surface area (Å²) < 4.78 is 10.7. The summed E-state index contributed by atoms with van der Waals surface area (Å²) in [5.74, 6) is 0.810. The Bertz CT molecular complexity index is 1010. The maximum atomic E-state index is 12.6. The third-order valence-electron chi connectivity index (χ3n) is 4.26. The molecule has 154 valence electrons. The SMILES string of the molecule is COc1ccc(C(=O)Nc2ccccc2NC(=O)c2ccc(OC(C)C)cc2)cc1. The number of methoxy groups -OCH3 is 1. The fourth-order valence-electron chi connectivity index (χ4n) is 2.79. The van der Waals surface area contributed by atoms with Gasteiger partial charge in [0.1, 0.15) is 11.5 Å². The second-order valence-electron chi connectivity index (χ2n) is 6.87. The maximum absolute atomic E-state index is 12.6. The molecule has 0 fully saturated rings. The van der Waals surface area contributed by atoms with E-state index in [1.807, 2.05) is 13.8 Å². The molecule has 3 rings (SSSR count). The van der Waals surface area contributed by atoms with Crippen LogP contribution in [0.1, 0.15) is 34.6 Å². The van der Waals surface area contributed by atoms with E-state index in [4.69, 9.17) is 9.47 Å². The second kappa shape index (κ2) is 9.60. The van der Waals surface area contributed by atoms with Crippen LogP contribution in [0.4, 0.5) is 11.4 Å². The lowest BCUT2D eigenvalue weighted by Gasteiger charge is -2.13. The summed E-state index contributed by atoms with van der Waals surface area (Å²) in [7, 11) is 1.57. The van der Waals surface area contributed by atoms with Crippen molar-refractivity contribution in [2.75, 3.05) is 17.7 Å². The first-order valence-electron chi connectivity index (χ1n) is 9.59. The molecule has 0 aromatic heterocycles. The zero-order chi connectivity index (χ0) is 21.5. The van der Waals surface area contributed by atoms with Gasteiger partial charge in [-0.15, -0.1) is 0 Å². The van der Waals surface area contributed by atoms with E-state index in [-0.39, 0.29) is 17.9 Å². The molecule has 0 spiro atoms. The van der Waals surface area contributed by atoms with Crippen LogP contribution in [-0.2, 0) is 0 Å². The molecule has 0 saturated carbocycles. The summed E-state index contributed by atoms with van der Waals surface area (Å²) >= 11 is 0. The molecular formula is C24H24N2O4. The van der Waals surface area contributed by atoms with E-state index in [0.29, 0.717) is 34.0 Å². The van der Waals surface area contributed by atoms with Gasteiger partial charge in [-0.3, -0.25) is 9.59 Å². The van der Waals surface area contributed by atoms with Gasteiger partial charge in [0.2, 0.25) is 0 Å². The quantitative estimate of drug-likeness (QED) is 0.582. The highest BCUT2D eigenvalue weighted by Crippen LogP contribution is 2.23. The molecule has 3 aromatic rings. The molecule has 3 aromatic carbocycles. The highest BCUT2D eigenvalue weighted by molar-refractivity contribution is 6.10. The Balaban J connectivity index is 1.71. The molecule has 0 unspecified atom stereocenters. The van der Waals surface area contributed by atoms with Crippen LogP contribution in [0, 0.1) is 0 Å². The van der Waals surface area contributed by atoms with Crippen LogP contribution in [0.5, 0.6) is 11.5 Å². The predicted molar refractivity (Wildman–Crippen MR) is 118 cm³/mol. The van der Waals surface area contributed by atoms with Crippen molar-refractivity contribution in [1.82, 2.24) is 0 Å². The Morgan fingerprint density at radius 2 is 1.13 bits per heavy atom. The van der Waals surface area contributed by atoms with Crippen LogP contribution in [0.2, 0.25) is 0 Å². The van der Waals surface area contributed by atoms with E-state index in [2.05, 4.69) is 10.6 Å². The minimum Gasteiger partial charge on any atom is -0.497 e. The molecule has 0 saturated heterocycles. The highest BCUT2D eigenvalue weighted by Gasteiger charge is 2.12. The first-order valence-corrected chi connectivity index (χ1v) is 9.59. The number of benzene rings is 3. The van der Waals surface area contributed by atoms with Crippen molar-refractivity contribution >= 4 is 23.2 Å². The molecule has 0 bridgehead atoms. The van der Waals surface area contributed by atoms with Gasteiger partial charge < -0.3 is 20.1 Å². The highest BCUT2D eigenvalue weighted by atomic mass is 16.5. The number of para-hydroxylation sites is 2. The van der Waals surface area contributed by atoms with Gasteiger partial charge in [0.05, 0.1) is 24.6 Å². The molecule has 0 aliphatic rings. The molecule has 0 aliphatic heterocycles. The largest absolute Gasteiger partial charge is 0.497 e. The van der Waals surface area contributed by atoms with Crippen molar-refractivity contribution in [1.29, 1.82) is 0 Å². The fraction of sp³-hybridized carbons (Fsp3) is 0.167. The van der Waals surface area contributed by atoms with E-state index >= 15 is 0 Å². The van der Waals surface area contributed by atoms with Crippen LogP contribution in [0.3, 0.4) is 0 Å². The Morgan fingerprint density at radius 3 is 1.53 bits per heavy atom. The van der Waals surface area contributed by atoms with E-state index < -0.39 is 0 Å². The molecule has 2 N–H and O–H groups in total. The monoisotopic (exact) mass is 404 g/mol. The van der Waals surface area contributed by atoms with Crippen molar-refractivity contribution in [2.24, 2.45) is 0 Å². The van der Waals surface area contributed by atoms with E-state index in [1.54, 1.807) is 79.9 Å². The van der Waals surface area contributed by atoms with Crippen LogP contribution < -0.4 is 20.1 Å². The molecule has 0 atom stereocenters. The van der Waals surface area contributed by atoms with Gasteiger partial charge in [-0.25, -0.2) is 0 Å². The van der Waals surface area contributed by atoms with Crippen LogP contribution >= 0.6 is 0 Å². The topological polar surface area (TPSA) is 76.7 Å². The molecule has 0 heterocycles. The van der Waals surface area contributed by atoms with Gasteiger partial charge >= 0.3 is 0 Å². The minimum absolute atomic E-state index is 0.0610. The number of amides is 2. The van der Waals surface area contributed by atoms with Gasteiger partial charge in [-0.1, -0.05) is 12.1 Å². The number of ether oxygens (including phenoxy) is 2. The lowest BCUT2D eigenvalue weighted by atomic mass is 10.1. The van der Waals surface area contributed by atoms with Crippen molar-refractivity contribution in [3.05, 3.63) is 83.9 Å². The third kappa shape index (κ3) is 5.38. The fourth-order valence-corrected chi connectivity index (χ4v) is 2.79. The number of carbonyl (C=O) groups excluding carboxylic acids is 2. The summed E-state index contributed by atoms with van der Waals surface area (Å²) in [6.07, 6.45) is 0.0610. The van der Waals surface area contributed by atoms with Crippen LogP contribution in [0.15, 0.2) is 72.8 Å². The number of carbonyl (C=O) groups is 2. The number of hydrogen-bond acceptors (Lipinski definition) is 4. The number of hydrogen-bond donors (Lipinski definition) is 2. The first kappa shape index (κ1) is 20.9. The second-order valence-corrected chi connectivity index (χ2v) is 6.87. The van der Waals surface area contributed by atoms with Gasteiger partial charge in [-0.2, -0.15) is 0 Å². The lowest BCUT2D eigenvalue weighted by Crippen LogP contribution is -2.16. The van der Waals surface area contributed by atoms with E-state index in [9.17, 15) is 9.59 Å². The molecule has 0 aliphatic carbocycles. The van der Waals surface area contributed by atoms with Gasteiger partial charge in [-0.05, 0) is 74.5 Å². The Hall–Kier alpha value is -3.80. The average Bonchev–Trinajstić information content (AvgIpc) is 2.75. The molecule has 0 radical (unpaired) electrons. The molecule has 30 heavy (non-hydrogen) atoms. The Kier molecular flexibility index (Phi) is 6.70. The summed E-state index contributed by atoms with van der Waals surface area (Å²) in [5.41, 5.74) is 1.98. The van der Waals surface area contributed by atoms with Gasteiger partial charge in [0.25, 0.3) is 11.8 Å². The molecule has 6 nitrogen and oxygen atoms in total. The normalized spacial score (nSPS) is 10.4. The van der Waals surface area contributed by atoms with E-state index in [0.717, 1.165) is 0 Å².